The molecule has 0 saturated heterocycles. The van der Waals surface area contributed by atoms with E-state index < -0.39 is 12.0 Å². The van der Waals surface area contributed by atoms with Gasteiger partial charge in [-0.15, -0.1) is 0 Å². The van der Waals surface area contributed by atoms with Gasteiger partial charge < -0.3 is 15.6 Å². The molecule has 3 N–H and O–H groups in total. The number of rotatable bonds is 8. The monoisotopic (exact) mass is 304 g/mol. The highest BCUT2D eigenvalue weighted by Gasteiger charge is 2.13. The predicted octanol–water partition coefficient (Wildman–Crippen LogP) is 1.75. The topological polar surface area (TPSA) is 102 Å². The molecule has 118 valence electrons. The molecule has 0 fully saturated rings. The maximum Gasteiger partial charge on any atom is 0.337 e. The van der Waals surface area contributed by atoms with Gasteiger partial charge in [0, 0.05) is 6.21 Å². The molecule has 1 aromatic carbocycles. The summed E-state index contributed by atoms with van der Waals surface area (Å²) in [4.78, 5) is 26.3. The lowest BCUT2D eigenvalue weighted by atomic mass is 10.1. The van der Waals surface area contributed by atoms with Gasteiger partial charge in [-0.1, -0.05) is 18.2 Å². The molecule has 0 spiro atoms. The smallest absolute Gasteiger partial charge is 0.337 e. The summed E-state index contributed by atoms with van der Waals surface area (Å²) < 4.78 is 4.61. The van der Waals surface area contributed by atoms with Gasteiger partial charge in [0.1, 0.15) is 6.04 Å². The van der Waals surface area contributed by atoms with Crippen molar-refractivity contribution in [2.75, 3.05) is 13.7 Å². The molecule has 0 saturated carbocycles. The molecule has 1 rings (SSSR count). The highest BCUT2D eigenvalue weighted by atomic mass is 16.5. The van der Waals surface area contributed by atoms with Crippen LogP contribution >= 0.6 is 0 Å². The Hall–Kier alpha value is -2.47. The van der Waals surface area contributed by atoms with Crippen molar-refractivity contribution in [2.24, 2.45) is 10.7 Å². The van der Waals surface area contributed by atoms with Gasteiger partial charge in [0.25, 0.3) is 0 Å². The van der Waals surface area contributed by atoms with Crippen LogP contribution in [0.4, 0.5) is 0 Å². The van der Waals surface area contributed by atoms with Gasteiger partial charge >= 0.3 is 11.9 Å². The normalized spacial score (nSPS) is 12.6. The SMILES string of the molecule is COC(=O)c1ccc(/C=C/C=NC(CCCN)C(=O)O)cc1. The number of nitrogens with two attached hydrogens (primary N) is 1. The Morgan fingerprint density at radius 3 is 2.59 bits per heavy atom. The minimum Gasteiger partial charge on any atom is -0.480 e. The molecule has 0 radical (unpaired) electrons. The molecule has 22 heavy (non-hydrogen) atoms. The van der Waals surface area contributed by atoms with E-state index in [4.69, 9.17) is 10.8 Å². The van der Waals surface area contributed by atoms with E-state index >= 15 is 0 Å². The van der Waals surface area contributed by atoms with E-state index in [0.29, 0.717) is 24.9 Å². The number of hydrogen-bond acceptors (Lipinski definition) is 5. The van der Waals surface area contributed by atoms with Crippen molar-refractivity contribution >= 4 is 24.2 Å². The van der Waals surface area contributed by atoms with Crippen LogP contribution in [0, 0.1) is 0 Å². The molecule has 6 heteroatoms. The zero-order chi connectivity index (χ0) is 16.4. The van der Waals surface area contributed by atoms with Crippen molar-refractivity contribution in [3.63, 3.8) is 0 Å². The molecule has 0 aromatic heterocycles. The second-order valence-electron chi connectivity index (χ2n) is 4.56. The standard InChI is InChI=1S/C16H20N2O4/c1-22-16(21)13-8-6-12(7-9-13)4-3-11-18-14(15(19)20)5-2-10-17/h3-4,6-9,11,14H,2,5,10,17H2,1H3,(H,19,20)/b4-3+,18-11?. The number of hydrogen-bond donors (Lipinski definition) is 2. The van der Waals surface area contributed by atoms with E-state index in [9.17, 15) is 9.59 Å². The predicted molar refractivity (Wildman–Crippen MR) is 85.0 cm³/mol. The van der Waals surface area contributed by atoms with Crippen LogP contribution in [0.1, 0.15) is 28.8 Å². The van der Waals surface area contributed by atoms with Crippen LogP contribution in [0.2, 0.25) is 0 Å². The first kappa shape index (κ1) is 17.6. The molecule has 1 aromatic rings. The van der Waals surface area contributed by atoms with Crippen LogP contribution in [0.15, 0.2) is 35.3 Å². The van der Waals surface area contributed by atoms with Crippen LogP contribution in [-0.2, 0) is 9.53 Å². The van der Waals surface area contributed by atoms with Gasteiger partial charge in [-0.3, -0.25) is 4.99 Å². The third kappa shape index (κ3) is 5.88. The summed E-state index contributed by atoms with van der Waals surface area (Å²) in [5.74, 6) is -1.35. The number of esters is 1. The Morgan fingerprint density at radius 2 is 2.05 bits per heavy atom. The van der Waals surface area contributed by atoms with E-state index in [0.717, 1.165) is 5.56 Å². The lowest BCUT2D eigenvalue weighted by Crippen LogP contribution is -2.19. The highest BCUT2D eigenvalue weighted by Crippen LogP contribution is 2.07. The van der Waals surface area contributed by atoms with E-state index in [2.05, 4.69) is 9.73 Å². The second-order valence-corrected chi connectivity index (χ2v) is 4.56. The van der Waals surface area contributed by atoms with E-state index in [-0.39, 0.29) is 5.97 Å². The molecule has 0 aliphatic heterocycles. The van der Waals surface area contributed by atoms with E-state index in [1.165, 1.54) is 13.3 Å². The highest BCUT2D eigenvalue weighted by molar-refractivity contribution is 5.89. The number of carboxylic acids is 1. The van der Waals surface area contributed by atoms with E-state index in [1.54, 1.807) is 36.4 Å². The maximum absolute atomic E-state index is 11.3. The third-order valence-electron chi connectivity index (χ3n) is 2.94. The molecule has 0 aliphatic carbocycles. The number of methoxy groups -OCH3 is 1. The van der Waals surface area contributed by atoms with Crippen LogP contribution in [0.3, 0.4) is 0 Å². The number of aliphatic carboxylic acids is 1. The number of carbonyl (C=O) groups is 2. The average molecular weight is 304 g/mol. The molecule has 0 heterocycles. The minimum atomic E-state index is -0.958. The summed E-state index contributed by atoms with van der Waals surface area (Å²) in [5.41, 5.74) is 6.70. The molecule has 1 atom stereocenters. The number of carbonyl (C=O) groups excluding carboxylic acids is 1. The summed E-state index contributed by atoms with van der Waals surface area (Å²) in [6.45, 7) is 0.446. The second kappa shape index (κ2) is 9.46. The molecule has 0 aliphatic rings. The first-order chi connectivity index (χ1) is 10.6. The summed E-state index contributed by atoms with van der Waals surface area (Å²) in [5, 5.41) is 9.00. The van der Waals surface area contributed by atoms with Gasteiger partial charge in [-0.25, -0.2) is 9.59 Å². The fourth-order valence-electron chi connectivity index (χ4n) is 1.73. The van der Waals surface area contributed by atoms with Gasteiger partial charge in [-0.2, -0.15) is 0 Å². The average Bonchev–Trinajstić information content (AvgIpc) is 2.53. The van der Waals surface area contributed by atoms with Crippen LogP contribution in [0.5, 0.6) is 0 Å². The van der Waals surface area contributed by atoms with Crippen molar-refractivity contribution in [2.45, 2.75) is 18.9 Å². The Morgan fingerprint density at radius 1 is 1.36 bits per heavy atom. The molecule has 6 nitrogen and oxygen atoms in total. The Labute approximate surface area is 129 Å². The Balaban J connectivity index is 2.62. The number of allylic oxidation sites excluding steroid dienone is 1. The van der Waals surface area contributed by atoms with Crippen molar-refractivity contribution in [3.8, 4) is 0 Å². The lowest BCUT2D eigenvalue weighted by molar-refractivity contribution is -0.138. The summed E-state index contributed by atoms with van der Waals surface area (Å²) >= 11 is 0. The summed E-state index contributed by atoms with van der Waals surface area (Å²) in [6.07, 6.45) is 5.93. The van der Waals surface area contributed by atoms with Gasteiger partial charge in [0.2, 0.25) is 0 Å². The first-order valence-electron chi connectivity index (χ1n) is 6.89. The van der Waals surface area contributed by atoms with Crippen molar-refractivity contribution < 1.29 is 19.4 Å². The number of nitrogens with zero attached hydrogens (tertiary/aromatic N) is 1. The summed E-state index contributed by atoms with van der Waals surface area (Å²) in [6, 6.07) is 6.07. The van der Waals surface area contributed by atoms with Gasteiger partial charge in [0.15, 0.2) is 0 Å². The van der Waals surface area contributed by atoms with Crippen LogP contribution in [0.25, 0.3) is 6.08 Å². The number of aliphatic imine (C=N–C) groups is 1. The van der Waals surface area contributed by atoms with Crippen LogP contribution < -0.4 is 5.73 Å². The number of ether oxygens (including phenoxy) is 1. The first-order valence-corrected chi connectivity index (χ1v) is 6.89. The zero-order valence-electron chi connectivity index (χ0n) is 12.4. The summed E-state index contributed by atoms with van der Waals surface area (Å²) in [7, 11) is 1.33. The maximum atomic E-state index is 11.3. The van der Waals surface area contributed by atoms with Crippen molar-refractivity contribution in [1.29, 1.82) is 0 Å². The molecule has 0 bridgehead atoms. The zero-order valence-corrected chi connectivity index (χ0v) is 12.4. The largest absolute Gasteiger partial charge is 0.480 e. The fraction of sp³-hybridized carbons (Fsp3) is 0.312. The quantitative estimate of drug-likeness (QED) is 0.562. The van der Waals surface area contributed by atoms with Crippen molar-refractivity contribution in [3.05, 3.63) is 41.5 Å². The van der Waals surface area contributed by atoms with Crippen molar-refractivity contribution in [1.82, 2.24) is 0 Å². The molecular weight excluding hydrogens is 284 g/mol. The lowest BCUT2D eigenvalue weighted by Gasteiger charge is -2.04. The Kier molecular flexibility index (Phi) is 7.56. The fourth-order valence-corrected chi connectivity index (χ4v) is 1.73. The van der Waals surface area contributed by atoms with Crippen LogP contribution in [-0.4, -0.2) is 43.0 Å². The van der Waals surface area contributed by atoms with Gasteiger partial charge in [0.05, 0.1) is 12.7 Å². The Bertz CT molecular complexity index is 550. The molecular formula is C16H20N2O4. The van der Waals surface area contributed by atoms with E-state index in [1.807, 2.05) is 0 Å². The van der Waals surface area contributed by atoms with Gasteiger partial charge in [-0.05, 0) is 43.2 Å². The molecule has 1 unspecified atom stereocenters. The number of carboxylic acid groups (broad SMARTS) is 1. The number of benzene rings is 1. The minimum absolute atomic E-state index is 0.388. The molecule has 0 amide bonds. The third-order valence-corrected chi connectivity index (χ3v) is 2.94.